The summed E-state index contributed by atoms with van der Waals surface area (Å²) < 4.78 is 8.00. The first-order valence-corrected chi connectivity index (χ1v) is 9.69. The van der Waals surface area contributed by atoms with Gasteiger partial charge in [0.2, 0.25) is 11.8 Å². The lowest BCUT2D eigenvalue weighted by Crippen LogP contribution is -2.16. The van der Waals surface area contributed by atoms with E-state index in [-0.39, 0.29) is 11.8 Å². The lowest BCUT2D eigenvalue weighted by Gasteiger charge is -2.09. The van der Waals surface area contributed by atoms with Crippen LogP contribution in [0.15, 0.2) is 45.5 Å². The largest absolute Gasteiger partial charge is 0.339 e. The fourth-order valence-corrected chi connectivity index (χ4v) is 2.80. The van der Waals surface area contributed by atoms with Gasteiger partial charge in [0, 0.05) is 29.3 Å². The molecule has 2 aromatic heterocycles. The molecular weight excluding hydrogens is 410 g/mol. The molecule has 142 valence electrons. The van der Waals surface area contributed by atoms with Crippen LogP contribution in [-0.4, -0.2) is 25.8 Å². The molecule has 3 aromatic rings. The Morgan fingerprint density at radius 2 is 2.04 bits per heavy atom. The second-order valence-electron chi connectivity index (χ2n) is 6.60. The van der Waals surface area contributed by atoms with Crippen molar-refractivity contribution in [2.24, 2.45) is 0 Å². The van der Waals surface area contributed by atoms with Crippen LogP contribution in [0.1, 0.15) is 49.9 Å². The van der Waals surface area contributed by atoms with Crippen molar-refractivity contribution in [3.05, 3.63) is 58.3 Å². The molecule has 0 aliphatic heterocycles. The molecule has 0 spiro atoms. The fourth-order valence-electron chi connectivity index (χ4n) is 2.54. The minimum Gasteiger partial charge on any atom is -0.339 e. The number of amides is 1. The molecular formula is C19H22BrN5O2. The number of aromatic nitrogens is 4. The molecule has 0 saturated carbocycles. The van der Waals surface area contributed by atoms with Gasteiger partial charge < -0.3 is 9.84 Å². The molecule has 1 N–H and O–H groups in total. The Labute approximate surface area is 166 Å². The Hall–Kier alpha value is -2.48. The summed E-state index contributed by atoms with van der Waals surface area (Å²) in [5.74, 6) is 2.13. The highest BCUT2D eigenvalue weighted by Gasteiger charge is 2.11. The number of benzene rings is 1. The SMILES string of the molecule is CC(C)c1noc(CCCC(=O)Nc2ccnn2Cc2ccc(Br)cc2)n1. The molecule has 7 nitrogen and oxygen atoms in total. The van der Waals surface area contributed by atoms with Crippen molar-refractivity contribution in [1.29, 1.82) is 0 Å². The number of carbonyl (C=O) groups excluding carboxylic acids is 1. The van der Waals surface area contributed by atoms with Crippen LogP contribution in [0.3, 0.4) is 0 Å². The van der Waals surface area contributed by atoms with E-state index in [4.69, 9.17) is 4.52 Å². The summed E-state index contributed by atoms with van der Waals surface area (Å²) in [5.41, 5.74) is 1.11. The molecule has 0 aliphatic carbocycles. The number of nitrogens with zero attached hydrogens (tertiary/aromatic N) is 4. The van der Waals surface area contributed by atoms with Crippen LogP contribution < -0.4 is 5.32 Å². The summed E-state index contributed by atoms with van der Waals surface area (Å²) >= 11 is 3.43. The quantitative estimate of drug-likeness (QED) is 0.578. The van der Waals surface area contributed by atoms with Gasteiger partial charge in [0.05, 0.1) is 12.7 Å². The van der Waals surface area contributed by atoms with E-state index >= 15 is 0 Å². The molecule has 1 amide bonds. The van der Waals surface area contributed by atoms with Crippen LogP contribution in [-0.2, 0) is 17.8 Å². The normalized spacial score (nSPS) is 11.1. The van der Waals surface area contributed by atoms with Crippen molar-refractivity contribution < 1.29 is 9.32 Å². The van der Waals surface area contributed by atoms with E-state index < -0.39 is 0 Å². The maximum absolute atomic E-state index is 12.2. The van der Waals surface area contributed by atoms with Gasteiger partial charge in [0.1, 0.15) is 5.82 Å². The molecule has 8 heteroatoms. The van der Waals surface area contributed by atoms with Crippen LogP contribution in [0.2, 0.25) is 0 Å². The first-order chi connectivity index (χ1) is 13.0. The predicted octanol–water partition coefficient (Wildman–Crippen LogP) is 4.16. The zero-order chi connectivity index (χ0) is 19.2. The Morgan fingerprint density at radius 3 is 2.74 bits per heavy atom. The zero-order valence-electron chi connectivity index (χ0n) is 15.4. The number of halogens is 1. The van der Waals surface area contributed by atoms with E-state index in [1.54, 1.807) is 16.9 Å². The topological polar surface area (TPSA) is 85.8 Å². The van der Waals surface area contributed by atoms with Crippen molar-refractivity contribution >= 4 is 27.7 Å². The van der Waals surface area contributed by atoms with Crippen LogP contribution >= 0.6 is 15.9 Å². The molecule has 0 fully saturated rings. The summed E-state index contributed by atoms with van der Waals surface area (Å²) in [7, 11) is 0. The Balaban J connectivity index is 1.49. The monoisotopic (exact) mass is 431 g/mol. The van der Waals surface area contributed by atoms with Crippen molar-refractivity contribution in [1.82, 2.24) is 19.9 Å². The van der Waals surface area contributed by atoms with Crippen LogP contribution in [0.25, 0.3) is 0 Å². The molecule has 0 unspecified atom stereocenters. The minimum atomic E-state index is -0.0591. The molecule has 0 saturated heterocycles. The van der Waals surface area contributed by atoms with E-state index in [9.17, 15) is 4.79 Å². The van der Waals surface area contributed by atoms with Gasteiger partial charge >= 0.3 is 0 Å². The van der Waals surface area contributed by atoms with Gasteiger partial charge in [-0.15, -0.1) is 0 Å². The van der Waals surface area contributed by atoms with E-state index in [0.717, 1.165) is 10.0 Å². The van der Waals surface area contributed by atoms with Gasteiger partial charge in [0.15, 0.2) is 5.82 Å². The second kappa shape index (κ2) is 8.94. The number of hydrogen-bond acceptors (Lipinski definition) is 5. The zero-order valence-corrected chi connectivity index (χ0v) is 16.9. The number of hydrogen-bond donors (Lipinski definition) is 1. The summed E-state index contributed by atoms with van der Waals surface area (Å²) in [5, 5.41) is 11.1. The van der Waals surface area contributed by atoms with Gasteiger partial charge in [-0.3, -0.25) is 4.79 Å². The summed E-state index contributed by atoms with van der Waals surface area (Å²) in [6.45, 7) is 4.62. The molecule has 0 bridgehead atoms. The number of carbonyl (C=O) groups is 1. The number of anilines is 1. The maximum Gasteiger partial charge on any atom is 0.226 e. The third-order valence-corrected chi connectivity index (χ3v) is 4.55. The van der Waals surface area contributed by atoms with Gasteiger partial charge in [-0.05, 0) is 24.1 Å². The average Bonchev–Trinajstić information content (AvgIpc) is 3.27. The number of aryl methyl sites for hydroxylation is 1. The maximum atomic E-state index is 12.2. The van der Waals surface area contributed by atoms with Crippen LogP contribution in [0.5, 0.6) is 0 Å². The van der Waals surface area contributed by atoms with Crippen molar-refractivity contribution in [3.63, 3.8) is 0 Å². The molecule has 1 aromatic carbocycles. The van der Waals surface area contributed by atoms with E-state index in [0.29, 0.717) is 43.3 Å². The Morgan fingerprint density at radius 1 is 1.26 bits per heavy atom. The van der Waals surface area contributed by atoms with Gasteiger partial charge in [-0.2, -0.15) is 10.1 Å². The predicted molar refractivity (Wildman–Crippen MR) is 105 cm³/mol. The van der Waals surface area contributed by atoms with Crippen LogP contribution in [0.4, 0.5) is 5.82 Å². The molecule has 0 radical (unpaired) electrons. The van der Waals surface area contributed by atoms with Crippen molar-refractivity contribution in [3.8, 4) is 0 Å². The number of nitrogens with one attached hydrogen (secondary N) is 1. The Kier molecular flexibility index (Phi) is 6.39. The lowest BCUT2D eigenvalue weighted by atomic mass is 10.2. The Bertz CT molecular complexity index is 886. The van der Waals surface area contributed by atoms with E-state index in [2.05, 4.69) is 36.5 Å². The molecule has 3 rings (SSSR count). The van der Waals surface area contributed by atoms with Gasteiger partial charge in [0.25, 0.3) is 0 Å². The highest BCUT2D eigenvalue weighted by molar-refractivity contribution is 9.10. The molecule has 27 heavy (non-hydrogen) atoms. The molecule has 2 heterocycles. The highest BCUT2D eigenvalue weighted by Crippen LogP contribution is 2.15. The highest BCUT2D eigenvalue weighted by atomic mass is 79.9. The van der Waals surface area contributed by atoms with Crippen molar-refractivity contribution in [2.75, 3.05) is 5.32 Å². The van der Waals surface area contributed by atoms with Gasteiger partial charge in [-0.25, -0.2) is 4.68 Å². The van der Waals surface area contributed by atoms with Crippen molar-refractivity contribution in [2.45, 2.75) is 45.6 Å². The average molecular weight is 432 g/mol. The standard InChI is InChI=1S/C19H22BrN5O2/c1-13(2)19-23-18(27-24-19)5-3-4-17(26)22-16-10-11-21-25(16)12-14-6-8-15(20)9-7-14/h6-11,13H,3-5,12H2,1-2H3,(H,22,26). The summed E-state index contributed by atoms with van der Waals surface area (Å²) in [4.78, 5) is 16.6. The first kappa shape index (κ1) is 19.3. The molecule has 0 atom stereocenters. The third kappa shape index (κ3) is 5.50. The van der Waals surface area contributed by atoms with E-state index in [1.807, 2.05) is 38.1 Å². The van der Waals surface area contributed by atoms with E-state index in [1.165, 1.54) is 0 Å². The second-order valence-corrected chi connectivity index (χ2v) is 7.52. The first-order valence-electron chi connectivity index (χ1n) is 8.90. The summed E-state index contributed by atoms with van der Waals surface area (Å²) in [6.07, 6.45) is 3.29. The smallest absolute Gasteiger partial charge is 0.226 e. The molecule has 0 aliphatic rings. The third-order valence-electron chi connectivity index (χ3n) is 4.02. The van der Waals surface area contributed by atoms with Crippen LogP contribution in [0, 0.1) is 0 Å². The summed E-state index contributed by atoms with van der Waals surface area (Å²) in [6, 6.07) is 9.81. The fraction of sp³-hybridized carbons (Fsp3) is 0.368. The number of rotatable bonds is 8. The minimum absolute atomic E-state index is 0.0591. The van der Waals surface area contributed by atoms with Gasteiger partial charge in [-0.1, -0.05) is 47.1 Å². The lowest BCUT2D eigenvalue weighted by molar-refractivity contribution is -0.116.